The number of nitrogens with one attached hydrogen (secondary N) is 1. The first-order chi connectivity index (χ1) is 8.06. The van der Waals surface area contributed by atoms with Crippen LogP contribution in [0.25, 0.3) is 0 Å². The van der Waals surface area contributed by atoms with Crippen LogP contribution in [0.5, 0.6) is 0 Å². The Balaban J connectivity index is 2.64. The number of carbonyl (C=O) groups excluding carboxylic acids is 1. The molecule has 1 aromatic rings. The van der Waals surface area contributed by atoms with Crippen LogP contribution in [0.15, 0.2) is 24.4 Å². The van der Waals surface area contributed by atoms with Crippen molar-refractivity contribution in [2.24, 2.45) is 0 Å². The summed E-state index contributed by atoms with van der Waals surface area (Å²) >= 11 is 0. The van der Waals surface area contributed by atoms with E-state index in [0.29, 0.717) is 5.69 Å². The second-order valence-electron chi connectivity index (χ2n) is 4.01. The Hall–Kier alpha value is -1.46. The molecule has 0 aliphatic carbocycles. The predicted molar refractivity (Wildman–Crippen MR) is 63.3 cm³/mol. The smallest absolute Gasteiger partial charge is 0.229 e. The SMILES string of the molecule is CC(C(=O)N[C@H](CO)[C@@H](C)O)c1ccccn1. The van der Waals surface area contributed by atoms with E-state index in [4.69, 9.17) is 5.11 Å². The quantitative estimate of drug-likeness (QED) is 0.676. The largest absolute Gasteiger partial charge is 0.394 e. The van der Waals surface area contributed by atoms with Gasteiger partial charge in [-0.25, -0.2) is 0 Å². The molecule has 94 valence electrons. The molecule has 0 saturated carbocycles. The normalized spacial score (nSPS) is 16.0. The van der Waals surface area contributed by atoms with Crippen molar-refractivity contribution < 1.29 is 15.0 Å². The van der Waals surface area contributed by atoms with Gasteiger partial charge >= 0.3 is 0 Å². The molecule has 0 aliphatic heterocycles. The summed E-state index contributed by atoms with van der Waals surface area (Å²) in [4.78, 5) is 15.9. The molecule has 0 aromatic carbocycles. The zero-order valence-electron chi connectivity index (χ0n) is 10.00. The maximum Gasteiger partial charge on any atom is 0.229 e. The minimum Gasteiger partial charge on any atom is -0.394 e. The molecular weight excluding hydrogens is 220 g/mol. The third kappa shape index (κ3) is 3.80. The maximum absolute atomic E-state index is 11.8. The summed E-state index contributed by atoms with van der Waals surface area (Å²) in [6.45, 7) is 2.96. The lowest BCUT2D eigenvalue weighted by Gasteiger charge is -2.21. The Kier molecular flexibility index (Phi) is 5.06. The van der Waals surface area contributed by atoms with Crippen LogP contribution in [0.3, 0.4) is 0 Å². The molecule has 0 saturated heterocycles. The summed E-state index contributed by atoms with van der Waals surface area (Å²) in [6, 6.07) is 4.71. The van der Waals surface area contributed by atoms with Crippen molar-refractivity contribution in [1.82, 2.24) is 10.3 Å². The van der Waals surface area contributed by atoms with Gasteiger partial charge in [-0.1, -0.05) is 6.07 Å². The van der Waals surface area contributed by atoms with Crippen LogP contribution in [-0.4, -0.2) is 39.9 Å². The van der Waals surface area contributed by atoms with Crippen molar-refractivity contribution in [1.29, 1.82) is 0 Å². The molecule has 1 heterocycles. The van der Waals surface area contributed by atoms with Crippen molar-refractivity contribution in [3.63, 3.8) is 0 Å². The summed E-state index contributed by atoms with van der Waals surface area (Å²) in [5.74, 6) is -0.673. The van der Waals surface area contributed by atoms with Crippen LogP contribution in [0.1, 0.15) is 25.5 Å². The molecule has 1 aromatic heterocycles. The average molecular weight is 238 g/mol. The van der Waals surface area contributed by atoms with Crippen LogP contribution in [0.4, 0.5) is 0 Å². The third-order valence-electron chi connectivity index (χ3n) is 2.63. The monoisotopic (exact) mass is 238 g/mol. The van der Waals surface area contributed by atoms with Gasteiger partial charge in [0.15, 0.2) is 0 Å². The number of hydrogen-bond acceptors (Lipinski definition) is 4. The lowest BCUT2D eigenvalue weighted by atomic mass is 10.1. The standard InChI is InChI=1S/C12H18N2O3/c1-8(10-5-3-4-6-13-10)12(17)14-11(7-15)9(2)16/h3-6,8-9,11,15-16H,7H2,1-2H3,(H,14,17)/t8?,9-,11-/m1/s1. The molecule has 3 atom stereocenters. The maximum atomic E-state index is 11.8. The van der Waals surface area contributed by atoms with Gasteiger partial charge in [-0.2, -0.15) is 0 Å². The minimum absolute atomic E-state index is 0.261. The molecule has 0 bridgehead atoms. The van der Waals surface area contributed by atoms with Crippen LogP contribution in [-0.2, 0) is 4.79 Å². The molecule has 1 unspecified atom stereocenters. The first kappa shape index (κ1) is 13.6. The van der Waals surface area contributed by atoms with E-state index >= 15 is 0 Å². The number of aliphatic hydroxyl groups is 2. The number of hydrogen-bond donors (Lipinski definition) is 3. The Morgan fingerprint density at radius 1 is 1.47 bits per heavy atom. The molecular formula is C12H18N2O3. The van der Waals surface area contributed by atoms with Crippen LogP contribution < -0.4 is 5.32 Å². The number of nitrogens with zero attached hydrogens (tertiary/aromatic N) is 1. The molecule has 17 heavy (non-hydrogen) atoms. The molecule has 0 fully saturated rings. The van der Waals surface area contributed by atoms with Gasteiger partial charge in [0.1, 0.15) is 0 Å². The van der Waals surface area contributed by atoms with E-state index in [0.717, 1.165) is 0 Å². The molecule has 0 spiro atoms. The first-order valence-electron chi connectivity index (χ1n) is 5.56. The Morgan fingerprint density at radius 3 is 2.65 bits per heavy atom. The average Bonchev–Trinajstić information content (AvgIpc) is 2.35. The van der Waals surface area contributed by atoms with Gasteiger partial charge in [-0.05, 0) is 26.0 Å². The lowest BCUT2D eigenvalue weighted by Crippen LogP contribution is -2.46. The Labute approximate surface area is 101 Å². The second kappa shape index (κ2) is 6.32. The fraction of sp³-hybridized carbons (Fsp3) is 0.500. The van der Waals surface area contributed by atoms with E-state index < -0.39 is 18.1 Å². The van der Waals surface area contributed by atoms with Crippen molar-refractivity contribution in [3.8, 4) is 0 Å². The van der Waals surface area contributed by atoms with Crippen molar-refractivity contribution in [2.45, 2.75) is 31.9 Å². The van der Waals surface area contributed by atoms with Gasteiger partial charge in [0.25, 0.3) is 0 Å². The summed E-state index contributed by atoms with van der Waals surface area (Å²) in [6.07, 6.45) is 0.831. The predicted octanol–water partition coefficient (Wildman–Crippen LogP) is 0.0430. The molecule has 3 N–H and O–H groups in total. The van der Waals surface area contributed by atoms with Crippen molar-refractivity contribution in [3.05, 3.63) is 30.1 Å². The number of pyridine rings is 1. The molecule has 0 radical (unpaired) electrons. The van der Waals surface area contributed by atoms with Crippen LogP contribution in [0.2, 0.25) is 0 Å². The molecule has 5 nitrogen and oxygen atoms in total. The molecule has 5 heteroatoms. The molecule has 1 rings (SSSR count). The first-order valence-corrected chi connectivity index (χ1v) is 5.56. The third-order valence-corrected chi connectivity index (χ3v) is 2.63. The number of rotatable bonds is 5. The van der Waals surface area contributed by atoms with Gasteiger partial charge in [0, 0.05) is 6.20 Å². The van der Waals surface area contributed by atoms with Gasteiger partial charge in [0.2, 0.25) is 5.91 Å². The zero-order valence-corrected chi connectivity index (χ0v) is 10.00. The van der Waals surface area contributed by atoms with Crippen LogP contribution >= 0.6 is 0 Å². The van der Waals surface area contributed by atoms with Crippen molar-refractivity contribution >= 4 is 5.91 Å². The summed E-state index contributed by atoms with van der Waals surface area (Å²) < 4.78 is 0. The van der Waals surface area contributed by atoms with Crippen molar-refractivity contribution in [2.75, 3.05) is 6.61 Å². The highest BCUT2D eigenvalue weighted by Crippen LogP contribution is 2.12. The van der Waals surface area contributed by atoms with E-state index in [2.05, 4.69) is 10.3 Å². The van der Waals surface area contributed by atoms with E-state index in [1.165, 1.54) is 6.92 Å². The van der Waals surface area contributed by atoms with E-state index in [-0.39, 0.29) is 12.5 Å². The lowest BCUT2D eigenvalue weighted by molar-refractivity contribution is -0.124. The summed E-state index contributed by atoms with van der Waals surface area (Å²) in [7, 11) is 0. The highest BCUT2D eigenvalue weighted by molar-refractivity contribution is 5.83. The number of carbonyl (C=O) groups is 1. The van der Waals surface area contributed by atoms with Crippen LogP contribution in [0, 0.1) is 0 Å². The molecule has 1 amide bonds. The van der Waals surface area contributed by atoms with Gasteiger partial charge in [0.05, 0.1) is 30.4 Å². The fourth-order valence-electron chi connectivity index (χ4n) is 1.39. The Morgan fingerprint density at radius 2 is 2.18 bits per heavy atom. The number of amides is 1. The number of aromatic nitrogens is 1. The topological polar surface area (TPSA) is 82.5 Å². The molecule has 0 aliphatic rings. The minimum atomic E-state index is -0.792. The summed E-state index contributed by atoms with van der Waals surface area (Å²) in [5.41, 5.74) is 0.660. The van der Waals surface area contributed by atoms with Gasteiger partial charge in [-0.3, -0.25) is 9.78 Å². The highest BCUT2D eigenvalue weighted by atomic mass is 16.3. The zero-order chi connectivity index (χ0) is 12.8. The van der Waals surface area contributed by atoms with E-state index in [9.17, 15) is 9.90 Å². The Bertz CT molecular complexity index is 354. The van der Waals surface area contributed by atoms with Gasteiger partial charge < -0.3 is 15.5 Å². The number of aliphatic hydroxyl groups excluding tert-OH is 2. The van der Waals surface area contributed by atoms with E-state index in [1.54, 1.807) is 25.3 Å². The summed E-state index contributed by atoms with van der Waals surface area (Å²) in [5, 5.41) is 20.9. The highest BCUT2D eigenvalue weighted by Gasteiger charge is 2.21. The second-order valence-corrected chi connectivity index (χ2v) is 4.01. The van der Waals surface area contributed by atoms with Gasteiger partial charge in [-0.15, -0.1) is 0 Å². The van der Waals surface area contributed by atoms with E-state index in [1.807, 2.05) is 6.07 Å². The fourth-order valence-corrected chi connectivity index (χ4v) is 1.39.